The Morgan fingerprint density at radius 2 is 1.83 bits per heavy atom. The van der Waals surface area contributed by atoms with Crippen LogP contribution in [0.4, 0.5) is 5.69 Å². The summed E-state index contributed by atoms with van der Waals surface area (Å²) in [4.78, 5) is 16.5. The third-order valence-electron chi connectivity index (χ3n) is 3.58. The molecule has 0 saturated carbocycles. The number of aliphatic imine (C=N–C) groups is 1. The molecule has 0 aliphatic heterocycles. The standard InChI is InChI=1S/C19H17N3O2/c1-14-8-10-15(11-9-14)20-13-18-17(19(23)24-2)12-21-22(18)16-6-4-3-5-7-16/h3-13H,1-2H3. The second-order valence-electron chi connectivity index (χ2n) is 5.28. The molecular weight excluding hydrogens is 302 g/mol. The Kier molecular flexibility index (Phi) is 4.52. The first kappa shape index (κ1) is 15.7. The highest BCUT2D eigenvalue weighted by Gasteiger charge is 2.17. The molecule has 0 aliphatic carbocycles. The maximum Gasteiger partial charge on any atom is 0.341 e. The highest BCUT2D eigenvalue weighted by molar-refractivity contribution is 5.99. The molecule has 0 spiro atoms. The highest BCUT2D eigenvalue weighted by Crippen LogP contribution is 2.17. The number of para-hydroxylation sites is 1. The molecular formula is C19H17N3O2. The lowest BCUT2D eigenvalue weighted by molar-refractivity contribution is 0.0600. The fourth-order valence-corrected chi connectivity index (χ4v) is 2.29. The Bertz CT molecular complexity index is 865. The summed E-state index contributed by atoms with van der Waals surface area (Å²) in [6.07, 6.45) is 3.13. The summed E-state index contributed by atoms with van der Waals surface area (Å²) in [5.41, 5.74) is 3.76. The fourth-order valence-electron chi connectivity index (χ4n) is 2.29. The lowest BCUT2D eigenvalue weighted by atomic mass is 10.2. The molecule has 5 heteroatoms. The molecule has 0 amide bonds. The predicted octanol–water partition coefficient (Wildman–Crippen LogP) is 3.72. The van der Waals surface area contributed by atoms with Crippen LogP contribution in [0.15, 0.2) is 65.8 Å². The van der Waals surface area contributed by atoms with Crippen LogP contribution in [0.3, 0.4) is 0 Å². The summed E-state index contributed by atoms with van der Waals surface area (Å²) in [5, 5.41) is 4.31. The molecule has 0 bridgehead atoms. The van der Waals surface area contributed by atoms with Crippen molar-refractivity contribution in [3.05, 3.63) is 77.6 Å². The third-order valence-corrected chi connectivity index (χ3v) is 3.58. The van der Waals surface area contributed by atoms with Gasteiger partial charge in [-0.3, -0.25) is 4.99 Å². The largest absolute Gasteiger partial charge is 0.465 e. The van der Waals surface area contributed by atoms with Crippen molar-refractivity contribution < 1.29 is 9.53 Å². The first-order chi connectivity index (χ1) is 11.7. The number of carbonyl (C=O) groups is 1. The van der Waals surface area contributed by atoms with Gasteiger partial charge in [0.1, 0.15) is 5.56 Å². The van der Waals surface area contributed by atoms with Crippen LogP contribution in [0.25, 0.3) is 5.69 Å². The highest BCUT2D eigenvalue weighted by atomic mass is 16.5. The number of carbonyl (C=O) groups excluding carboxylic acids is 1. The zero-order chi connectivity index (χ0) is 16.9. The minimum atomic E-state index is -0.442. The molecule has 2 aromatic carbocycles. The van der Waals surface area contributed by atoms with Crippen LogP contribution in [0.5, 0.6) is 0 Å². The van der Waals surface area contributed by atoms with Gasteiger partial charge in [-0.25, -0.2) is 9.48 Å². The van der Waals surface area contributed by atoms with E-state index in [-0.39, 0.29) is 0 Å². The molecule has 3 aromatic rings. The van der Waals surface area contributed by atoms with Crippen LogP contribution in [0.2, 0.25) is 0 Å². The monoisotopic (exact) mass is 319 g/mol. The Morgan fingerprint density at radius 1 is 1.12 bits per heavy atom. The number of aryl methyl sites for hydroxylation is 1. The molecule has 0 aliphatic rings. The van der Waals surface area contributed by atoms with Crippen LogP contribution in [0.1, 0.15) is 21.6 Å². The van der Waals surface area contributed by atoms with Gasteiger partial charge in [0.15, 0.2) is 0 Å². The number of methoxy groups -OCH3 is 1. The maximum absolute atomic E-state index is 12.0. The van der Waals surface area contributed by atoms with Gasteiger partial charge >= 0.3 is 5.97 Å². The van der Waals surface area contributed by atoms with Gasteiger partial charge in [0, 0.05) is 0 Å². The van der Waals surface area contributed by atoms with E-state index in [1.807, 2.05) is 61.5 Å². The molecule has 1 aromatic heterocycles. The number of nitrogens with zero attached hydrogens (tertiary/aromatic N) is 3. The van der Waals surface area contributed by atoms with Gasteiger partial charge in [-0.1, -0.05) is 35.9 Å². The zero-order valence-electron chi connectivity index (χ0n) is 13.5. The molecule has 24 heavy (non-hydrogen) atoms. The van der Waals surface area contributed by atoms with Gasteiger partial charge in [0.2, 0.25) is 0 Å². The van der Waals surface area contributed by atoms with Gasteiger partial charge in [0.05, 0.1) is 36.6 Å². The number of esters is 1. The first-order valence-electron chi connectivity index (χ1n) is 7.51. The molecule has 0 radical (unpaired) electrons. The van der Waals surface area contributed by atoms with E-state index in [0.717, 1.165) is 11.4 Å². The molecule has 120 valence electrons. The van der Waals surface area contributed by atoms with Gasteiger partial charge in [-0.2, -0.15) is 5.10 Å². The lowest BCUT2D eigenvalue weighted by Gasteiger charge is -2.05. The smallest absolute Gasteiger partial charge is 0.341 e. The summed E-state index contributed by atoms with van der Waals surface area (Å²) in [6, 6.07) is 17.4. The minimum Gasteiger partial charge on any atom is -0.465 e. The van der Waals surface area contributed by atoms with E-state index < -0.39 is 5.97 Å². The van der Waals surface area contributed by atoms with Crippen LogP contribution < -0.4 is 0 Å². The van der Waals surface area contributed by atoms with E-state index in [2.05, 4.69) is 10.1 Å². The van der Waals surface area contributed by atoms with E-state index in [9.17, 15) is 4.79 Å². The molecule has 5 nitrogen and oxygen atoms in total. The van der Waals surface area contributed by atoms with E-state index in [1.54, 1.807) is 10.9 Å². The zero-order valence-corrected chi connectivity index (χ0v) is 13.5. The average Bonchev–Trinajstić information content (AvgIpc) is 3.05. The molecule has 0 saturated heterocycles. The van der Waals surface area contributed by atoms with Crippen LogP contribution in [0, 0.1) is 6.92 Å². The van der Waals surface area contributed by atoms with Gasteiger partial charge in [-0.15, -0.1) is 0 Å². The summed E-state index contributed by atoms with van der Waals surface area (Å²) in [5.74, 6) is -0.442. The minimum absolute atomic E-state index is 0.372. The van der Waals surface area contributed by atoms with Crippen molar-refractivity contribution in [1.29, 1.82) is 0 Å². The SMILES string of the molecule is COC(=O)c1cnn(-c2ccccc2)c1C=Nc1ccc(C)cc1. The van der Waals surface area contributed by atoms with Gasteiger partial charge in [0.25, 0.3) is 0 Å². The summed E-state index contributed by atoms with van der Waals surface area (Å²) in [6.45, 7) is 2.02. The summed E-state index contributed by atoms with van der Waals surface area (Å²) in [7, 11) is 1.35. The average molecular weight is 319 g/mol. The summed E-state index contributed by atoms with van der Waals surface area (Å²) >= 11 is 0. The number of hydrogen-bond donors (Lipinski definition) is 0. The quantitative estimate of drug-likeness (QED) is 0.544. The Labute approximate surface area is 140 Å². The molecule has 3 rings (SSSR count). The molecule has 0 unspecified atom stereocenters. The molecule has 1 heterocycles. The molecule has 0 fully saturated rings. The third kappa shape index (κ3) is 3.25. The lowest BCUT2D eigenvalue weighted by Crippen LogP contribution is -2.07. The second kappa shape index (κ2) is 6.91. The van der Waals surface area contributed by atoms with Crippen LogP contribution in [-0.2, 0) is 4.74 Å². The first-order valence-corrected chi connectivity index (χ1v) is 7.51. The van der Waals surface area contributed by atoms with Crippen LogP contribution in [-0.4, -0.2) is 29.1 Å². The van der Waals surface area contributed by atoms with Crippen molar-refractivity contribution in [3.8, 4) is 5.69 Å². The normalized spacial score (nSPS) is 10.9. The number of ether oxygens (including phenoxy) is 1. The Balaban J connectivity index is 2.04. The van der Waals surface area contributed by atoms with Crippen molar-refractivity contribution in [2.45, 2.75) is 6.92 Å². The van der Waals surface area contributed by atoms with Crippen molar-refractivity contribution >= 4 is 17.9 Å². The van der Waals surface area contributed by atoms with Crippen molar-refractivity contribution in [3.63, 3.8) is 0 Å². The Hall–Kier alpha value is -3.21. The van der Waals surface area contributed by atoms with Crippen molar-refractivity contribution in [2.24, 2.45) is 4.99 Å². The second-order valence-corrected chi connectivity index (χ2v) is 5.28. The van der Waals surface area contributed by atoms with Crippen molar-refractivity contribution in [1.82, 2.24) is 9.78 Å². The molecule has 0 atom stereocenters. The van der Waals surface area contributed by atoms with E-state index in [1.165, 1.54) is 18.9 Å². The fraction of sp³-hybridized carbons (Fsp3) is 0.105. The topological polar surface area (TPSA) is 56.5 Å². The number of hydrogen-bond acceptors (Lipinski definition) is 4. The van der Waals surface area contributed by atoms with E-state index in [4.69, 9.17) is 4.74 Å². The van der Waals surface area contributed by atoms with Crippen LogP contribution >= 0.6 is 0 Å². The number of aromatic nitrogens is 2. The van der Waals surface area contributed by atoms with E-state index in [0.29, 0.717) is 11.3 Å². The number of benzene rings is 2. The molecule has 0 N–H and O–H groups in total. The summed E-state index contributed by atoms with van der Waals surface area (Å²) < 4.78 is 6.51. The number of rotatable bonds is 4. The Morgan fingerprint density at radius 3 is 2.50 bits per heavy atom. The van der Waals surface area contributed by atoms with Gasteiger partial charge < -0.3 is 4.74 Å². The van der Waals surface area contributed by atoms with Crippen molar-refractivity contribution in [2.75, 3.05) is 7.11 Å². The predicted molar refractivity (Wildman–Crippen MR) is 93.3 cm³/mol. The maximum atomic E-state index is 12.0. The van der Waals surface area contributed by atoms with E-state index >= 15 is 0 Å². The van der Waals surface area contributed by atoms with Gasteiger partial charge in [-0.05, 0) is 31.2 Å².